The van der Waals surface area contributed by atoms with Gasteiger partial charge in [0.15, 0.2) is 0 Å². The van der Waals surface area contributed by atoms with Crippen LogP contribution in [0.25, 0.3) is 0 Å². The maximum Gasteiger partial charge on any atom is 0.259 e. The highest BCUT2D eigenvalue weighted by atomic mass is 79.9. The lowest BCUT2D eigenvalue weighted by Crippen LogP contribution is -2.16. The van der Waals surface area contributed by atoms with Crippen LogP contribution in [-0.2, 0) is 0 Å². The van der Waals surface area contributed by atoms with Gasteiger partial charge < -0.3 is 14.8 Å². The minimum Gasteiger partial charge on any atom is -0.491 e. The number of hydrogen-bond donors (Lipinski definition) is 1. The van der Waals surface area contributed by atoms with Crippen molar-refractivity contribution >= 4 is 27.5 Å². The molecule has 0 heterocycles. The average molecular weight is 406 g/mol. The fourth-order valence-corrected chi connectivity index (χ4v) is 2.53. The van der Waals surface area contributed by atoms with E-state index in [0.29, 0.717) is 17.0 Å². The summed E-state index contributed by atoms with van der Waals surface area (Å²) in [6.07, 6.45) is 1.10. The highest BCUT2D eigenvalue weighted by molar-refractivity contribution is 9.10. The second-order valence-electron chi connectivity index (χ2n) is 6.12. The normalized spacial score (nSPS) is 11.9. The first-order valence-electron chi connectivity index (χ1n) is 8.43. The first-order chi connectivity index (χ1) is 11.9. The summed E-state index contributed by atoms with van der Waals surface area (Å²) in [5.74, 6) is 1.14. The third-order valence-corrected chi connectivity index (χ3v) is 4.07. The monoisotopic (exact) mass is 405 g/mol. The van der Waals surface area contributed by atoms with Gasteiger partial charge in [-0.1, -0.05) is 22.9 Å². The Labute approximate surface area is 157 Å². The Morgan fingerprint density at radius 3 is 2.36 bits per heavy atom. The summed E-state index contributed by atoms with van der Waals surface area (Å²) in [5, 5.41) is 2.90. The van der Waals surface area contributed by atoms with Gasteiger partial charge >= 0.3 is 0 Å². The lowest BCUT2D eigenvalue weighted by atomic mass is 10.1. The second kappa shape index (κ2) is 8.90. The molecule has 4 nitrogen and oxygen atoms in total. The number of anilines is 1. The van der Waals surface area contributed by atoms with E-state index in [1.54, 1.807) is 12.1 Å². The number of benzene rings is 2. The average Bonchev–Trinajstić information content (AvgIpc) is 2.57. The summed E-state index contributed by atoms with van der Waals surface area (Å²) in [7, 11) is 0. The number of halogens is 1. The van der Waals surface area contributed by atoms with Crippen LogP contribution in [0.15, 0.2) is 46.9 Å². The lowest BCUT2D eigenvalue weighted by molar-refractivity contribution is 0.102. The van der Waals surface area contributed by atoms with Crippen molar-refractivity contribution < 1.29 is 14.3 Å². The summed E-state index contributed by atoms with van der Waals surface area (Å²) < 4.78 is 12.3. The SMILES string of the molecule is CCC(C)Oc1ccc(NC(=O)c2cc(Br)ccc2OC(C)C)cc1. The molecule has 0 aromatic heterocycles. The van der Waals surface area contributed by atoms with E-state index in [1.165, 1.54) is 0 Å². The largest absolute Gasteiger partial charge is 0.491 e. The quantitative estimate of drug-likeness (QED) is 0.645. The molecular formula is C20H24BrNO3. The van der Waals surface area contributed by atoms with Crippen LogP contribution in [0.5, 0.6) is 11.5 Å². The van der Waals surface area contributed by atoms with Crippen molar-refractivity contribution in [1.29, 1.82) is 0 Å². The molecule has 2 aromatic carbocycles. The van der Waals surface area contributed by atoms with Gasteiger partial charge in [-0.25, -0.2) is 0 Å². The molecule has 0 aliphatic rings. The molecule has 134 valence electrons. The number of ether oxygens (including phenoxy) is 2. The minimum atomic E-state index is -0.215. The predicted octanol–water partition coefficient (Wildman–Crippen LogP) is 5.67. The highest BCUT2D eigenvalue weighted by Crippen LogP contribution is 2.26. The van der Waals surface area contributed by atoms with Crippen LogP contribution in [0.3, 0.4) is 0 Å². The zero-order valence-electron chi connectivity index (χ0n) is 15.0. The molecule has 2 rings (SSSR count). The number of carbonyl (C=O) groups excluding carboxylic acids is 1. The van der Waals surface area contributed by atoms with Gasteiger partial charge in [0.2, 0.25) is 0 Å². The van der Waals surface area contributed by atoms with Crippen molar-refractivity contribution in [3.05, 3.63) is 52.5 Å². The molecule has 0 radical (unpaired) electrons. The Morgan fingerprint density at radius 1 is 1.08 bits per heavy atom. The third kappa shape index (κ3) is 5.78. The van der Waals surface area contributed by atoms with Crippen LogP contribution in [0.4, 0.5) is 5.69 Å². The molecule has 0 aliphatic carbocycles. The van der Waals surface area contributed by atoms with Gasteiger partial charge in [-0.3, -0.25) is 4.79 Å². The zero-order chi connectivity index (χ0) is 18.4. The van der Waals surface area contributed by atoms with E-state index in [2.05, 4.69) is 28.2 Å². The standard InChI is InChI=1S/C20H24BrNO3/c1-5-14(4)25-17-9-7-16(8-10-17)22-20(23)18-12-15(21)6-11-19(18)24-13(2)3/h6-14H,5H2,1-4H3,(H,22,23). The molecular weight excluding hydrogens is 382 g/mol. The van der Waals surface area contributed by atoms with Crippen molar-refractivity contribution in [3.63, 3.8) is 0 Å². The topological polar surface area (TPSA) is 47.6 Å². The number of carbonyl (C=O) groups is 1. The molecule has 25 heavy (non-hydrogen) atoms. The Bertz CT molecular complexity index is 713. The van der Waals surface area contributed by atoms with Gasteiger partial charge in [0.25, 0.3) is 5.91 Å². The molecule has 0 spiro atoms. The summed E-state index contributed by atoms with van der Waals surface area (Å²) in [6.45, 7) is 7.97. The summed E-state index contributed by atoms with van der Waals surface area (Å²) >= 11 is 3.40. The Morgan fingerprint density at radius 2 is 1.76 bits per heavy atom. The summed E-state index contributed by atoms with van der Waals surface area (Å²) in [5.41, 5.74) is 1.19. The van der Waals surface area contributed by atoms with E-state index in [-0.39, 0.29) is 18.1 Å². The van der Waals surface area contributed by atoms with E-state index < -0.39 is 0 Å². The van der Waals surface area contributed by atoms with Crippen LogP contribution in [-0.4, -0.2) is 18.1 Å². The molecule has 0 aliphatic heterocycles. The molecule has 1 amide bonds. The van der Waals surface area contributed by atoms with Gasteiger partial charge in [-0.05, 0) is 69.7 Å². The van der Waals surface area contributed by atoms with Crippen molar-refractivity contribution in [2.75, 3.05) is 5.32 Å². The van der Waals surface area contributed by atoms with Crippen LogP contribution in [0, 0.1) is 0 Å². The number of rotatable bonds is 7. The van der Waals surface area contributed by atoms with Gasteiger partial charge in [-0.2, -0.15) is 0 Å². The molecule has 2 aromatic rings. The Balaban J connectivity index is 2.13. The maximum atomic E-state index is 12.6. The molecule has 0 saturated carbocycles. The van der Waals surface area contributed by atoms with Crippen molar-refractivity contribution in [3.8, 4) is 11.5 Å². The second-order valence-corrected chi connectivity index (χ2v) is 7.04. The number of nitrogens with one attached hydrogen (secondary N) is 1. The van der Waals surface area contributed by atoms with Crippen LogP contribution in [0.1, 0.15) is 44.5 Å². The smallest absolute Gasteiger partial charge is 0.259 e. The maximum absolute atomic E-state index is 12.6. The van der Waals surface area contributed by atoms with E-state index >= 15 is 0 Å². The van der Waals surface area contributed by atoms with Gasteiger partial charge in [0.1, 0.15) is 11.5 Å². The first kappa shape index (κ1) is 19.3. The fourth-order valence-electron chi connectivity index (χ4n) is 2.17. The summed E-state index contributed by atoms with van der Waals surface area (Å²) in [6, 6.07) is 12.8. The lowest BCUT2D eigenvalue weighted by Gasteiger charge is -2.15. The van der Waals surface area contributed by atoms with E-state index in [4.69, 9.17) is 9.47 Å². The van der Waals surface area contributed by atoms with Crippen LogP contribution >= 0.6 is 15.9 Å². The van der Waals surface area contributed by atoms with Crippen LogP contribution < -0.4 is 14.8 Å². The summed E-state index contributed by atoms with van der Waals surface area (Å²) in [4.78, 5) is 12.6. The molecule has 1 unspecified atom stereocenters. The predicted molar refractivity (Wildman–Crippen MR) is 105 cm³/mol. The van der Waals surface area contributed by atoms with Crippen molar-refractivity contribution in [2.24, 2.45) is 0 Å². The fraction of sp³-hybridized carbons (Fsp3) is 0.350. The van der Waals surface area contributed by atoms with E-state index in [1.807, 2.05) is 51.1 Å². The molecule has 0 fully saturated rings. The van der Waals surface area contributed by atoms with Gasteiger partial charge in [0.05, 0.1) is 17.8 Å². The zero-order valence-corrected chi connectivity index (χ0v) is 16.6. The van der Waals surface area contributed by atoms with E-state index in [0.717, 1.165) is 16.6 Å². The molecule has 1 N–H and O–H groups in total. The van der Waals surface area contributed by atoms with Crippen molar-refractivity contribution in [2.45, 2.75) is 46.3 Å². The first-order valence-corrected chi connectivity index (χ1v) is 9.22. The van der Waals surface area contributed by atoms with Gasteiger partial charge in [0, 0.05) is 10.2 Å². The van der Waals surface area contributed by atoms with E-state index in [9.17, 15) is 4.79 Å². The molecule has 0 bridgehead atoms. The third-order valence-electron chi connectivity index (χ3n) is 3.57. The minimum absolute atomic E-state index is 0.00952. The van der Waals surface area contributed by atoms with Crippen molar-refractivity contribution in [1.82, 2.24) is 0 Å². The Kier molecular flexibility index (Phi) is 6.88. The highest BCUT2D eigenvalue weighted by Gasteiger charge is 2.15. The van der Waals surface area contributed by atoms with Crippen LogP contribution in [0.2, 0.25) is 0 Å². The molecule has 0 saturated heterocycles. The molecule has 5 heteroatoms. The molecule has 1 atom stereocenters. The Hall–Kier alpha value is -2.01. The number of amides is 1. The van der Waals surface area contributed by atoms with Gasteiger partial charge in [-0.15, -0.1) is 0 Å². The number of hydrogen-bond acceptors (Lipinski definition) is 3.